The molecule has 1 aromatic heterocycles. The molecule has 3 aromatic rings. The van der Waals surface area contributed by atoms with Gasteiger partial charge in [0.05, 0.1) is 33.0 Å². The maximum atomic E-state index is 13.1. The highest BCUT2D eigenvalue weighted by molar-refractivity contribution is 7.92. The number of aryl methyl sites for hydroxylation is 1. The van der Waals surface area contributed by atoms with E-state index in [0.717, 1.165) is 48.8 Å². The topological polar surface area (TPSA) is 117 Å². The SMILES string of the molecule is Cc1cc(Nc2ncc(Cl)c(N(N=O)c3ccccc3S(=O)(=O)C(C)C)n2)c2c(c1C1CCN(C)CC1)C[C@@H](C)O2. The maximum Gasteiger partial charge on any atom is 0.229 e. The number of nitroso groups, excluding NO2 is 1. The van der Waals surface area contributed by atoms with Gasteiger partial charge in [0.2, 0.25) is 5.95 Å². The van der Waals surface area contributed by atoms with E-state index >= 15 is 0 Å². The number of nitrogens with zero attached hydrogens (tertiary/aromatic N) is 5. The highest BCUT2D eigenvalue weighted by atomic mass is 35.5. The van der Waals surface area contributed by atoms with E-state index in [0.29, 0.717) is 5.92 Å². The number of piperidine rings is 1. The summed E-state index contributed by atoms with van der Waals surface area (Å²) in [6.07, 6.45) is 4.43. The quantitative estimate of drug-likeness (QED) is 0.235. The Hall–Kier alpha value is -3.28. The first-order chi connectivity index (χ1) is 19.5. The molecule has 1 fully saturated rings. The van der Waals surface area contributed by atoms with Crippen molar-refractivity contribution in [2.24, 2.45) is 5.29 Å². The summed E-state index contributed by atoms with van der Waals surface area (Å²) in [6, 6.07) is 8.21. The minimum Gasteiger partial charge on any atom is -0.488 e. The molecule has 0 saturated carbocycles. The fourth-order valence-electron chi connectivity index (χ4n) is 5.72. The lowest BCUT2D eigenvalue weighted by molar-refractivity contribution is 0.254. The number of fused-ring (bicyclic) bond motifs is 1. The Balaban J connectivity index is 1.53. The average molecular weight is 599 g/mol. The first kappa shape index (κ1) is 29.2. The summed E-state index contributed by atoms with van der Waals surface area (Å²) in [7, 11) is -1.58. The number of para-hydroxylation sites is 1. The highest BCUT2D eigenvalue weighted by Crippen LogP contribution is 2.46. The summed E-state index contributed by atoms with van der Waals surface area (Å²) in [5.41, 5.74) is 4.55. The van der Waals surface area contributed by atoms with Gasteiger partial charge in [0.15, 0.2) is 15.7 Å². The lowest BCUT2D eigenvalue weighted by atomic mass is 9.82. The molecule has 10 nitrogen and oxygen atoms in total. The number of anilines is 4. The van der Waals surface area contributed by atoms with Gasteiger partial charge in [-0.2, -0.15) is 9.99 Å². The molecule has 2 aliphatic heterocycles. The Kier molecular flexibility index (Phi) is 8.22. The summed E-state index contributed by atoms with van der Waals surface area (Å²) in [6.45, 7) is 9.47. The Bertz CT molecular complexity index is 1570. The zero-order valence-corrected chi connectivity index (χ0v) is 25.5. The van der Waals surface area contributed by atoms with Gasteiger partial charge in [-0.05, 0) is 95.9 Å². The lowest BCUT2D eigenvalue weighted by Crippen LogP contribution is -2.29. The Labute approximate surface area is 245 Å². The third-order valence-corrected chi connectivity index (χ3v) is 10.3. The van der Waals surface area contributed by atoms with Crippen molar-refractivity contribution < 1.29 is 13.2 Å². The predicted octanol–water partition coefficient (Wildman–Crippen LogP) is 6.32. The molecule has 5 rings (SSSR count). The third-order valence-electron chi connectivity index (χ3n) is 7.84. The number of halogens is 1. The van der Waals surface area contributed by atoms with Gasteiger partial charge in [-0.3, -0.25) is 0 Å². The van der Waals surface area contributed by atoms with Crippen molar-refractivity contribution in [3.05, 3.63) is 63.1 Å². The number of likely N-dealkylation sites (tertiary alicyclic amines) is 1. The van der Waals surface area contributed by atoms with E-state index < -0.39 is 15.1 Å². The van der Waals surface area contributed by atoms with E-state index in [2.05, 4.69) is 52.4 Å². The van der Waals surface area contributed by atoms with Crippen molar-refractivity contribution >= 4 is 44.6 Å². The van der Waals surface area contributed by atoms with Crippen LogP contribution in [0.1, 0.15) is 56.2 Å². The van der Waals surface area contributed by atoms with Crippen LogP contribution in [0.3, 0.4) is 0 Å². The molecule has 0 bridgehead atoms. The average Bonchev–Trinajstić information content (AvgIpc) is 3.33. The Morgan fingerprint density at radius 2 is 1.93 bits per heavy atom. The van der Waals surface area contributed by atoms with Gasteiger partial charge >= 0.3 is 0 Å². The standard InChI is InChI=1S/C29H35ClN6O4S/c1-17(2)41(38,39)25-9-7-6-8-24(25)36(34-37)28-22(30)16-31-29(33-28)32-23-14-18(3)26(20-10-12-35(5)13-11-20)21-15-19(4)40-27(21)23/h6-9,14,16-17,19-20H,10-13,15H2,1-5H3,(H,31,32,33)/t19-/m1/s1. The Morgan fingerprint density at radius 3 is 2.61 bits per heavy atom. The molecule has 1 saturated heterocycles. The van der Waals surface area contributed by atoms with Gasteiger partial charge in [0.1, 0.15) is 16.9 Å². The fourth-order valence-corrected chi connectivity index (χ4v) is 7.11. The maximum absolute atomic E-state index is 13.1. The van der Waals surface area contributed by atoms with Crippen LogP contribution in [0.4, 0.5) is 23.1 Å². The van der Waals surface area contributed by atoms with Gasteiger partial charge in [0.25, 0.3) is 0 Å². The number of ether oxygens (including phenoxy) is 1. The van der Waals surface area contributed by atoms with Crippen molar-refractivity contribution in [1.29, 1.82) is 0 Å². The summed E-state index contributed by atoms with van der Waals surface area (Å²) >= 11 is 6.44. The molecule has 3 heterocycles. The first-order valence-corrected chi connectivity index (χ1v) is 15.7. The number of hydrogen-bond donors (Lipinski definition) is 1. The predicted molar refractivity (Wildman–Crippen MR) is 161 cm³/mol. The molecule has 1 N–H and O–H groups in total. The molecule has 218 valence electrons. The third kappa shape index (κ3) is 5.62. The number of hydrogen-bond acceptors (Lipinski definition) is 9. The van der Waals surface area contributed by atoms with Crippen molar-refractivity contribution in [2.45, 2.75) is 69.1 Å². The number of sulfone groups is 1. The van der Waals surface area contributed by atoms with Crippen LogP contribution in [0.15, 0.2) is 46.7 Å². The van der Waals surface area contributed by atoms with Crippen LogP contribution in [0.25, 0.3) is 0 Å². The van der Waals surface area contributed by atoms with E-state index in [4.69, 9.17) is 16.3 Å². The normalized spacial score (nSPS) is 17.8. The van der Waals surface area contributed by atoms with Gasteiger partial charge in [0, 0.05) is 12.0 Å². The lowest BCUT2D eigenvalue weighted by Gasteiger charge is -2.31. The zero-order valence-electron chi connectivity index (χ0n) is 23.9. The van der Waals surface area contributed by atoms with Crippen LogP contribution in [-0.2, 0) is 16.3 Å². The number of benzene rings is 2. The molecule has 12 heteroatoms. The molecule has 2 aromatic carbocycles. The molecule has 0 amide bonds. The highest BCUT2D eigenvalue weighted by Gasteiger charge is 2.32. The van der Waals surface area contributed by atoms with E-state index in [9.17, 15) is 13.3 Å². The van der Waals surface area contributed by atoms with E-state index in [-0.39, 0.29) is 33.5 Å². The monoisotopic (exact) mass is 598 g/mol. The largest absolute Gasteiger partial charge is 0.488 e. The zero-order chi connectivity index (χ0) is 29.5. The van der Waals surface area contributed by atoms with Crippen LogP contribution >= 0.6 is 11.6 Å². The molecule has 41 heavy (non-hydrogen) atoms. The number of aromatic nitrogens is 2. The van der Waals surface area contributed by atoms with E-state index in [1.807, 2.05) is 0 Å². The molecule has 0 radical (unpaired) electrons. The van der Waals surface area contributed by atoms with E-state index in [1.165, 1.54) is 35.0 Å². The van der Waals surface area contributed by atoms with Crippen molar-refractivity contribution in [2.75, 3.05) is 30.5 Å². The van der Waals surface area contributed by atoms with Crippen LogP contribution < -0.4 is 15.1 Å². The second kappa shape index (κ2) is 11.5. The molecule has 0 unspecified atom stereocenters. The van der Waals surface area contributed by atoms with Crippen molar-refractivity contribution in [1.82, 2.24) is 14.9 Å². The first-order valence-electron chi connectivity index (χ1n) is 13.8. The van der Waals surface area contributed by atoms with Gasteiger partial charge < -0.3 is 15.0 Å². The minimum absolute atomic E-state index is 0.0354. The van der Waals surface area contributed by atoms with E-state index in [1.54, 1.807) is 26.0 Å². The van der Waals surface area contributed by atoms with Gasteiger partial charge in [-0.1, -0.05) is 23.7 Å². The smallest absolute Gasteiger partial charge is 0.229 e. The Morgan fingerprint density at radius 1 is 1.22 bits per heavy atom. The molecule has 0 aliphatic carbocycles. The molecular formula is C29H35ClN6O4S. The number of rotatable bonds is 8. The fraction of sp³-hybridized carbons (Fsp3) is 0.448. The summed E-state index contributed by atoms with van der Waals surface area (Å²) in [5, 5.41) is 6.59. The van der Waals surface area contributed by atoms with Crippen molar-refractivity contribution in [3.63, 3.8) is 0 Å². The van der Waals surface area contributed by atoms with Crippen molar-refractivity contribution in [3.8, 4) is 5.75 Å². The second-order valence-corrected chi connectivity index (χ2v) is 14.0. The van der Waals surface area contributed by atoms with Crippen LogP contribution in [0.5, 0.6) is 5.75 Å². The second-order valence-electron chi connectivity index (χ2n) is 11.1. The van der Waals surface area contributed by atoms with Gasteiger partial charge in [-0.15, -0.1) is 4.91 Å². The van der Waals surface area contributed by atoms with Crippen LogP contribution in [0, 0.1) is 11.8 Å². The summed E-state index contributed by atoms with van der Waals surface area (Å²) in [4.78, 5) is 23.3. The van der Waals surface area contributed by atoms with Crippen LogP contribution in [-0.4, -0.2) is 54.8 Å². The van der Waals surface area contributed by atoms with Gasteiger partial charge in [-0.25, -0.2) is 13.4 Å². The molecular weight excluding hydrogens is 564 g/mol. The molecule has 0 spiro atoms. The summed E-state index contributed by atoms with van der Waals surface area (Å²) < 4.78 is 32.4. The summed E-state index contributed by atoms with van der Waals surface area (Å²) in [5.74, 6) is 1.39. The minimum atomic E-state index is -3.74. The van der Waals surface area contributed by atoms with Crippen LogP contribution in [0.2, 0.25) is 5.02 Å². The molecule has 1 atom stereocenters. The molecule has 2 aliphatic rings. The number of nitrogens with one attached hydrogen (secondary N) is 1.